The van der Waals surface area contributed by atoms with Crippen molar-refractivity contribution in [1.82, 2.24) is 5.32 Å². The normalized spacial score (nSPS) is 12.1. The van der Waals surface area contributed by atoms with E-state index in [1.165, 1.54) is 0 Å². The summed E-state index contributed by atoms with van der Waals surface area (Å²) in [5, 5.41) is 2.74. The molecule has 0 aromatic rings. The van der Waals surface area contributed by atoms with E-state index in [0.717, 1.165) is 0 Å². The zero-order valence-corrected chi connectivity index (χ0v) is 9.52. The third-order valence-electron chi connectivity index (χ3n) is 1.77. The summed E-state index contributed by atoms with van der Waals surface area (Å²) in [6.45, 7) is 5.37. The van der Waals surface area contributed by atoms with Gasteiger partial charge in [0.25, 0.3) is 0 Å². The van der Waals surface area contributed by atoms with Crippen molar-refractivity contribution >= 4 is 23.1 Å². The van der Waals surface area contributed by atoms with Gasteiger partial charge in [0.1, 0.15) is 0 Å². The van der Waals surface area contributed by atoms with Gasteiger partial charge in [-0.1, -0.05) is 19.1 Å². The molecule has 0 aliphatic heterocycles. The average molecular weight is 218 g/mol. The van der Waals surface area contributed by atoms with Crippen molar-refractivity contribution < 1.29 is 9.53 Å². The van der Waals surface area contributed by atoms with Gasteiger partial charge in [0.15, 0.2) is 0 Å². The Balaban J connectivity index is 3.48. The van der Waals surface area contributed by atoms with Crippen LogP contribution in [0.4, 0.5) is 0 Å². The number of amides is 1. The lowest BCUT2D eigenvalue weighted by atomic mass is 10.2. The van der Waals surface area contributed by atoms with Gasteiger partial charge in [0, 0.05) is 25.5 Å². The first-order chi connectivity index (χ1) is 6.57. The molecule has 0 fully saturated rings. The van der Waals surface area contributed by atoms with Gasteiger partial charge in [-0.3, -0.25) is 4.79 Å². The first-order valence-electron chi connectivity index (χ1n) is 4.71. The second kappa shape index (κ2) is 7.70. The van der Waals surface area contributed by atoms with Crippen LogP contribution in [0.15, 0.2) is 0 Å². The molecule has 4 nitrogen and oxygen atoms in total. The standard InChI is InChI=1S/C9H18N2O2S/c1-3-13-5-4-8(12)11-6-7(2)9(10)14/h7H,3-6H2,1-2H3,(H2,10,14)(H,11,12). The highest BCUT2D eigenvalue weighted by molar-refractivity contribution is 7.80. The largest absolute Gasteiger partial charge is 0.393 e. The first kappa shape index (κ1) is 13.3. The number of hydrogen-bond donors (Lipinski definition) is 2. The number of ether oxygens (including phenoxy) is 1. The minimum atomic E-state index is -0.0263. The molecular weight excluding hydrogens is 200 g/mol. The quantitative estimate of drug-likeness (QED) is 0.481. The summed E-state index contributed by atoms with van der Waals surface area (Å²) < 4.78 is 5.05. The molecule has 0 aromatic heterocycles. The predicted molar refractivity (Wildman–Crippen MR) is 60.1 cm³/mol. The predicted octanol–water partition coefficient (Wildman–Crippen LogP) is 0.451. The molecule has 0 aromatic carbocycles. The minimum absolute atomic E-state index is 0.0263. The van der Waals surface area contributed by atoms with Gasteiger partial charge in [-0.2, -0.15) is 0 Å². The van der Waals surface area contributed by atoms with E-state index >= 15 is 0 Å². The van der Waals surface area contributed by atoms with Gasteiger partial charge in [-0.05, 0) is 6.92 Å². The lowest BCUT2D eigenvalue weighted by Crippen LogP contribution is -2.34. The van der Waals surface area contributed by atoms with E-state index in [2.05, 4.69) is 5.32 Å². The van der Waals surface area contributed by atoms with Crippen molar-refractivity contribution in [2.75, 3.05) is 19.8 Å². The van der Waals surface area contributed by atoms with Crippen LogP contribution in [0.2, 0.25) is 0 Å². The van der Waals surface area contributed by atoms with E-state index in [4.69, 9.17) is 22.7 Å². The van der Waals surface area contributed by atoms with Crippen molar-refractivity contribution in [1.29, 1.82) is 0 Å². The fourth-order valence-corrected chi connectivity index (χ4v) is 0.848. The molecule has 1 unspecified atom stereocenters. The minimum Gasteiger partial charge on any atom is -0.393 e. The SMILES string of the molecule is CCOCCC(=O)NCC(C)C(N)=S. The molecule has 82 valence electrons. The van der Waals surface area contributed by atoms with Gasteiger partial charge in [0.2, 0.25) is 5.91 Å². The van der Waals surface area contributed by atoms with Gasteiger partial charge < -0.3 is 15.8 Å². The van der Waals surface area contributed by atoms with E-state index in [1.807, 2.05) is 13.8 Å². The van der Waals surface area contributed by atoms with E-state index in [0.29, 0.717) is 31.2 Å². The monoisotopic (exact) mass is 218 g/mol. The second-order valence-electron chi connectivity index (χ2n) is 3.05. The van der Waals surface area contributed by atoms with Crippen LogP contribution in [0, 0.1) is 5.92 Å². The van der Waals surface area contributed by atoms with Crippen molar-refractivity contribution in [3.05, 3.63) is 0 Å². The van der Waals surface area contributed by atoms with Crippen molar-refractivity contribution in [2.24, 2.45) is 11.7 Å². The molecule has 0 saturated carbocycles. The molecule has 0 spiro atoms. The Morgan fingerprint density at radius 1 is 1.64 bits per heavy atom. The topological polar surface area (TPSA) is 64.3 Å². The summed E-state index contributed by atoms with van der Waals surface area (Å²) in [6, 6.07) is 0. The average Bonchev–Trinajstić information content (AvgIpc) is 2.14. The Morgan fingerprint density at radius 3 is 2.79 bits per heavy atom. The molecule has 1 atom stereocenters. The number of carbonyl (C=O) groups is 1. The highest BCUT2D eigenvalue weighted by atomic mass is 32.1. The first-order valence-corrected chi connectivity index (χ1v) is 5.12. The molecule has 0 radical (unpaired) electrons. The van der Waals surface area contributed by atoms with Crippen LogP contribution in [-0.4, -0.2) is 30.7 Å². The van der Waals surface area contributed by atoms with E-state index in [9.17, 15) is 4.79 Å². The molecule has 0 aliphatic carbocycles. The number of rotatable bonds is 7. The van der Waals surface area contributed by atoms with Crippen LogP contribution < -0.4 is 11.1 Å². The summed E-state index contributed by atoms with van der Waals surface area (Å²) in [6.07, 6.45) is 0.387. The van der Waals surface area contributed by atoms with Crippen LogP contribution in [0.3, 0.4) is 0 Å². The molecule has 0 bridgehead atoms. The Morgan fingerprint density at radius 2 is 2.29 bits per heavy atom. The Labute approximate surface area is 90.2 Å². The maximum atomic E-state index is 11.2. The van der Waals surface area contributed by atoms with Crippen molar-refractivity contribution in [3.63, 3.8) is 0 Å². The summed E-state index contributed by atoms with van der Waals surface area (Å²) in [7, 11) is 0. The number of nitrogens with one attached hydrogen (secondary N) is 1. The lowest BCUT2D eigenvalue weighted by Gasteiger charge is -2.10. The second-order valence-corrected chi connectivity index (χ2v) is 3.53. The zero-order valence-electron chi connectivity index (χ0n) is 8.71. The molecule has 0 rings (SSSR count). The molecule has 14 heavy (non-hydrogen) atoms. The lowest BCUT2D eigenvalue weighted by molar-refractivity contribution is -0.122. The fraction of sp³-hybridized carbons (Fsp3) is 0.778. The molecule has 0 heterocycles. The fourth-order valence-electron chi connectivity index (χ4n) is 0.765. The summed E-state index contributed by atoms with van der Waals surface area (Å²) in [5.74, 6) is 0.0163. The number of hydrogen-bond acceptors (Lipinski definition) is 3. The third kappa shape index (κ3) is 6.80. The zero-order chi connectivity index (χ0) is 11.0. The molecule has 5 heteroatoms. The van der Waals surface area contributed by atoms with Crippen LogP contribution in [-0.2, 0) is 9.53 Å². The summed E-state index contributed by atoms with van der Waals surface area (Å²) in [5.41, 5.74) is 5.40. The summed E-state index contributed by atoms with van der Waals surface area (Å²) >= 11 is 4.78. The third-order valence-corrected chi connectivity index (χ3v) is 2.17. The van der Waals surface area contributed by atoms with Gasteiger partial charge in [0.05, 0.1) is 11.6 Å². The molecule has 0 saturated heterocycles. The molecule has 1 amide bonds. The van der Waals surface area contributed by atoms with Crippen molar-refractivity contribution in [3.8, 4) is 0 Å². The number of thiocarbonyl (C=S) groups is 1. The van der Waals surface area contributed by atoms with Gasteiger partial charge >= 0.3 is 0 Å². The van der Waals surface area contributed by atoms with Crippen LogP contribution in [0.1, 0.15) is 20.3 Å². The maximum Gasteiger partial charge on any atom is 0.222 e. The van der Waals surface area contributed by atoms with Crippen LogP contribution in [0.5, 0.6) is 0 Å². The van der Waals surface area contributed by atoms with Gasteiger partial charge in [-0.25, -0.2) is 0 Å². The molecule has 0 aliphatic rings. The van der Waals surface area contributed by atoms with Crippen LogP contribution >= 0.6 is 12.2 Å². The van der Waals surface area contributed by atoms with Gasteiger partial charge in [-0.15, -0.1) is 0 Å². The Bertz CT molecular complexity index is 197. The smallest absolute Gasteiger partial charge is 0.222 e. The molecular formula is C9H18N2O2S. The number of carbonyl (C=O) groups excluding carboxylic acids is 1. The number of nitrogens with two attached hydrogens (primary N) is 1. The summed E-state index contributed by atoms with van der Waals surface area (Å²) in [4.78, 5) is 11.6. The van der Waals surface area contributed by atoms with Crippen molar-refractivity contribution in [2.45, 2.75) is 20.3 Å². The van der Waals surface area contributed by atoms with E-state index in [-0.39, 0.29) is 11.8 Å². The maximum absolute atomic E-state index is 11.2. The van der Waals surface area contributed by atoms with Crippen LogP contribution in [0.25, 0.3) is 0 Å². The Kier molecular flexibility index (Phi) is 7.32. The molecule has 3 N–H and O–H groups in total. The highest BCUT2D eigenvalue weighted by Gasteiger charge is 2.06. The Hall–Kier alpha value is -0.680. The highest BCUT2D eigenvalue weighted by Crippen LogP contribution is 1.92. The van der Waals surface area contributed by atoms with E-state index < -0.39 is 0 Å². The van der Waals surface area contributed by atoms with E-state index in [1.54, 1.807) is 0 Å².